The molecule has 0 saturated carbocycles. The number of nitrogens with zero attached hydrogens (tertiary/aromatic N) is 3. The number of hydrogen-bond donors (Lipinski definition) is 1. The predicted octanol–water partition coefficient (Wildman–Crippen LogP) is 3.82. The zero-order valence-corrected chi connectivity index (χ0v) is 13.7. The zero-order chi connectivity index (χ0) is 15.6. The largest absolute Gasteiger partial charge is 0.453 e. The van der Waals surface area contributed by atoms with Crippen molar-refractivity contribution in [3.63, 3.8) is 0 Å². The lowest BCUT2D eigenvalue weighted by molar-refractivity contribution is 0.644. The Labute approximate surface area is 140 Å². The van der Waals surface area contributed by atoms with Gasteiger partial charge in [0.25, 0.3) is 0 Å². The minimum atomic E-state index is 0.577. The Morgan fingerprint density at radius 2 is 2.00 bits per heavy atom. The van der Waals surface area contributed by atoms with Gasteiger partial charge in [-0.15, -0.1) is 0 Å². The molecule has 0 atom stereocenters. The van der Waals surface area contributed by atoms with Crippen LogP contribution in [0.3, 0.4) is 0 Å². The zero-order valence-electron chi connectivity index (χ0n) is 12.2. The molecule has 0 fully saturated rings. The number of pyridine rings is 1. The molecule has 6 heteroatoms. The van der Waals surface area contributed by atoms with Gasteiger partial charge in [0.2, 0.25) is 0 Å². The van der Waals surface area contributed by atoms with Gasteiger partial charge in [-0.2, -0.15) is 0 Å². The van der Waals surface area contributed by atoms with Gasteiger partial charge in [-0.05, 0) is 30.3 Å². The Morgan fingerprint density at radius 3 is 2.87 bits per heavy atom. The second kappa shape index (κ2) is 6.06. The van der Waals surface area contributed by atoms with Crippen molar-refractivity contribution >= 4 is 38.0 Å². The van der Waals surface area contributed by atoms with Crippen LogP contribution in [0.1, 0.15) is 11.5 Å². The Bertz CT molecular complexity index is 968. The Morgan fingerprint density at radius 1 is 1.04 bits per heavy atom. The van der Waals surface area contributed by atoms with E-state index in [1.807, 2.05) is 36.4 Å². The molecule has 0 bridgehead atoms. The van der Waals surface area contributed by atoms with Gasteiger partial charge < -0.3 is 9.73 Å². The van der Waals surface area contributed by atoms with Gasteiger partial charge in [-0.3, -0.25) is 4.98 Å². The van der Waals surface area contributed by atoms with E-state index in [9.17, 15) is 0 Å². The molecule has 0 saturated heterocycles. The normalized spacial score (nSPS) is 11.3. The quantitative estimate of drug-likeness (QED) is 0.593. The molecule has 0 aliphatic carbocycles. The highest BCUT2D eigenvalue weighted by Crippen LogP contribution is 2.29. The van der Waals surface area contributed by atoms with Crippen LogP contribution in [0.15, 0.2) is 57.7 Å². The first kappa shape index (κ1) is 14.3. The monoisotopic (exact) mass is 368 g/mol. The first-order valence-electron chi connectivity index (χ1n) is 7.24. The maximum absolute atomic E-state index is 5.76. The van der Waals surface area contributed by atoms with Crippen LogP contribution in [0.5, 0.6) is 0 Å². The molecule has 0 aliphatic heterocycles. The van der Waals surface area contributed by atoms with Crippen LogP contribution < -0.4 is 5.32 Å². The van der Waals surface area contributed by atoms with Crippen molar-refractivity contribution in [1.82, 2.24) is 20.3 Å². The molecular weight excluding hydrogens is 356 g/mol. The molecule has 23 heavy (non-hydrogen) atoms. The lowest BCUT2D eigenvalue weighted by Crippen LogP contribution is -2.15. The number of rotatable bonds is 4. The lowest BCUT2D eigenvalue weighted by atomic mass is 10.2. The molecule has 5 nitrogen and oxygen atoms in total. The van der Waals surface area contributed by atoms with Crippen molar-refractivity contribution in [1.29, 1.82) is 0 Å². The number of fused-ring (bicyclic) bond motifs is 3. The van der Waals surface area contributed by atoms with E-state index in [1.54, 1.807) is 12.4 Å². The molecule has 3 heterocycles. The molecule has 0 aliphatic rings. The summed E-state index contributed by atoms with van der Waals surface area (Å²) in [7, 11) is 0. The van der Waals surface area contributed by atoms with E-state index in [0.29, 0.717) is 18.7 Å². The van der Waals surface area contributed by atoms with Crippen molar-refractivity contribution in [3.05, 3.63) is 64.8 Å². The number of benzene rings is 1. The molecule has 3 aromatic heterocycles. The fourth-order valence-corrected chi connectivity index (χ4v) is 2.82. The third-order valence-corrected chi connectivity index (χ3v) is 4.03. The second-order valence-electron chi connectivity index (χ2n) is 5.17. The van der Waals surface area contributed by atoms with Gasteiger partial charge in [0, 0.05) is 22.6 Å². The van der Waals surface area contributed by atoms with Gasteiger partial charge in [0.15, 0.2) is 5.58 Å². The molecule has 4 rings (SSSR count). The van der Waals surface area contributed by atoms with Crippen molar-refractivity contribution in [3.8, 4) is 0 Å². The smallest absolute Gasteiger partial charge is 0.172 e. The van der Waals surface area contributed by atoms with Gasteiger partial charge >= 0.3 is 0 Å². The molecule has 0 radical (unpaired) electrons. The summed E-state index contributed by atoms with van der Waals surface area (Å²) in [4.78, 5) is 13.3. The van der Waals surface area contributed by atoms with Crippen LogP contribution in [0.2, 0.25) is 0 Å². The third kappa shape index (κ3) is 2.95. The van der Waals surface area contributed by atoms with E-state index in [4.69, 9.17) is 4.42 Å². The van der Waals surface area contributed by atoms with Crippen molar-refractivity contribution in [2.24, 2.45) is 0 Å². The van der Waals surface area contributed by atoms with Gasteiger partial charge in [-0.1, -0.05) is 22.0 Å². The fourth-order valence-electron chi connectivity index (χ4n) is 2.46. The van der Waals surface area contributed by atoms with Gasteiger partial charge in [0.05, 0.1) is 18.4 Å². The summed E-state index contributed by atoms with van der Waals surface area (Å²) in [5, 5.41) is 4.30. The summed E-state index contributed by atoms with van der Waals surface area (Å²) in [6.45, 7) is 1.26. The molecule has 1 aromatic carbocycles. The highest BCUT2D eigenvalue weighted by Gasteiger charge is 2.10. The highest BCUT2D eigenvalue weighted by molar-refractivity contribution is 9.10. The molecule has 4 aromatic rings. The number of aromatic nitrogens is 3. The van der Waals surface area contributed by atoms with Crippen molar-refractivity contribution in [2.45, 2.75) is 13.1 Å². The summed E-state index contributed by atoms with van der Waals surface area (Å²) in [6, 6.07) is 11.8. The molecule has 0 amide bonds. The first-order chi connectivity index (χ1) is 11.3. The Balaban J connectivity index is 1.58. The van der Waals surface area contributed by atoms with Crippen LogP contribution in [-0.4, -0.2) is 15.0 Å². The summed E-state index contributed by atoms with van der Waals surface area (Å²) in [6.07, 6.45) is 3.52. The van der Waals surface area contributed by atoms with Crippen molar-refractivity contribution < 1.29 is 4.42 Å². The SMILES string of the molecule is Brc1ccc2oc3cnc(CNCc4ccccn4)nc3c2c1. The minimum absolute atomic E-state index is 0.577. The van der Waals surface area contributed by atoms with E-state index in [2.05, 4.69) is 36.2 Å². The second-order valence-corrected chi connectivity index (χ2v) is 6.08. The van der Waals surface area contributed by atoms with Gasteiger partial charge in [-0.25, -0.2) is 9.97 Å². The first-order valence-corrected chi connectivity index (χ1v) is 8.03. The van der Waals surface area contributed by atoms with Crippen LogP contribution in [0.4, 0.5) is 0 Å². The molecular formula is C17H13BrN4O. The lowest BCUT2D eigenvalue weighted by Gasteiger charge is -2.03. The fraction of sp³-hybridized carbons (Fsp3) is 0.118. The average Bonchev–Trinajstić information content (AvgIpc) is 2.93. The Kier molecular flexibility index (Phi) is 3.77. The van der Waals surface area contributed by atoms with Crippen LogP contribution in [0, 0.1) is 0 Å². The third-order valence-electron chi connectivity index (χ3n) is 3.54. The highest BCUT2D eigenvalue weighted by atomic mass is 79.9. The maximum Gasteiger partial charge on any atom is 0.172 e. The summed E-state index contributed by atoms with van der Waals surface area (Å²) >= 11 is 3.48. The summed E-state index contributed by atoms with van der Waals surface area (Å²) in [5.74, 6) is 0.733. The van der Waals surface area contributed by atoms with E-state index in [-0.39, 0.29) is 0 Å². The number of hydrogen-bond acceptors (Lipinski definition) is 5. The number of furan rings is 1. The summed E-state index contributed by atoms with van der Waals surface area (Å²) in [5.41, 5.74) is 3.35. The van der Waals surface area contributed by atoms with E-state index >= 15 is 0 Å². The van der Waals surface area contributed by atoms with E-state index in [0.717, 1.165) is 32.5 Å². The molecule has 0 spiro atoms. The number of halogens is 1. The van der Waals surface area contributed by atoms with E-state index in [1.165, 1.54) is 0 Å². The topological polar surface area (TPSA) is 63.8 Å². The number of nitrogens with one attached hydrogen (secondary N) is 1. The van der Waals surface area contributed by atoms with Crippen LogP contribution in [0.25, 0.3) is 22.1 Å². The van der Waals surface area contributed by atoms with Crippen LogP contribution >= 0.6 is 15.9 Å². The minimum Gasteiger partial charge on any atom is -0.453 e. The standard InChI is InChI=1S/C17H13BrN4O/c18-11-4-5-14-13(7-11)17-15(23-14)9-21-16(22-17)10-19-8-12-3-1-2-6-20-12/h1-7,9,19H,8,10H2. The molecule has 1 N–H and O–H groups in total. The Hall–Kier alpha value is -2.31. The predicted molar refractivity (Wildman–Crippen MR) is 91.8 cm³/mol. The van der Waals surface area contributed by atoms with Crippen LogP contribution in [-0.2, 0) is 13.1 Å². The van der Waals surface area contributed by atoms with Gasteiger partial charge in [0.1, 0.15) is 16.9 Å². The van der Waals surface area contributed by atoms with Crippen molar-refractivity contribution in [2.75, 3.05) is 0 Å². The maximum atomic E-state index is 5.76. The molecule has 0 unspecified atom stereocenters. The molecule has 114 valence electrons. The average molecular weight is 369 g/mol. The summed E-state index contributed by atoms with van der Waals surface area (Å²) < 4.78 is 6.76. The van der Waals surface area contributed by atoms with E-state index < -0.39 is 0 Å².